The van der Waals surface area contributed by atoms with Gasteiger partial charge in [-0.15, -0.1) is 0 Å². The molecule has 0 saturated heterocycles. The summed E-state index contributed by atoms with van der Waals surface area (Å²) in [6.07, 6.45) is -1.87. The van der Waals surface area contributed by atoms with Crippen molar-refractivity contribution in [2.24, 2.45) is 5.41 Å². The molecule has 2 amide bonds. The summed E-state index contributed by atoms with van der Waals surface area (Å²) in [4.78, 5) is 28.3. The average Bonchev–Trinajstić information content (AvgIpc) is 3.19. The molecule has 31 heavy (non-hydrogen) atoms. The second-order valence-electron chi connectivity index (χ2n) is 7.51. The van der Waals surface area contributed by atoms with E-state index >= 15 is 0 Å². The molecular formula is C18H18F3N7O3. The number of aryl methyl sites for hydroxylation is 1. The first-order valence-corrected chi connectivity index (χ1v) is 9.41. The number of rotatable bonds is 7. The van der Waals surface area contributed by atoms with Gasteiger partial charge in [-0.05, 0) is 36.6 Å². The van der Waals surface area contributed by atoms with Crippen LogP contribution in [0.1, 0.15) is 46.7 Å². The van der Waals surface area contributed by atoms with E-state index in [0.29, 0.717) is 22.6 Å². The van der Waals surface area contributed by atoms with Gasteiger partial charge in [-0.1, -0.05) is 5.16 Å². The third-order valence-electron chi connectivity index (χ3n) is 5.17. The first-order chi connectivity index (χ1) is 14.7. The van der Waals surface area contributed by atoms with Crippen molar-refractivity contribution in [2.45, 2.75) is 45.5 Å². The Morgan fingerprint density at radius 1 is 1.23 bits per heavy atom. The van der Waals surface area contributed by atoms with Crippen molar-refractivity contribution < 1.29 is 27.4 Å². The zero-order valence-corrected chi connectivity index (χ0v) is 16.4. The summed E-state index contributed by atoms with van der Waals surface area (Å²) in [5.74, 6) is -1.11. The zero-order valence-electron chi connectivity index (χ0n) is 16.4. The Morgan fingerprint density at radius 3 is 2.65 bits per heavy atom. The minimum absolute atomic E-state index is 0.0163. The summed E-state index contributed by atoms with van der Waals surface area (Å²) in [5.41, 5.74) is 0.147. The summed E-state index contributed by atoms with van der Waals surface area (Å²) in [6.45, 7) is 1.74. The highest BCUT2D eigenvalue weighted by atomic mass is 19.4. The number of alkyl halides is 3. The van der Waals surface area contributed by atoms with E-state index in [0.717, 1.165) is 0 Å². The van der Waals surface area contributed by atoms with Crippen LogP contribution in [0.15, 0.2) is 23.1 Å². The highest BCUT2D eigenvalue weighted by molar-refractivity contribution is 5.92. The molecule has 10 nitrogen and oxygen atoms in total. The first-order valence-electron chi connectivity index (χ1n) is 9.41. The van der Waals surface area contributed by atoms with Gasteiger partial charge in [0.2, 0.25) is 5.91 Å². The van der Waals surface area contributed by atoms with Crippen LogP contribution in [-0.2, 0) is 17.9 Å². The van der Waals surface area contributed by atoms with E-state index < -0.39 is 29.8 Å². The third-order valence-corrected chi connectivity index (χ3v) is 5.17. The van der Waals surface area contributed by atoms with E-state index in [4.69, 9.17) is 0 Å². The molecule has 0 atom stereocenters. The van der Waals surface area contributed by atoms with Gasteiger partial charge in [0.25, 0.3) is 5.91 Å². The van der Waals surface area contributed by atoms with Crippen molar-refractivity contribution in [3.05, 3.63) is 41.1 Å². The molecule has 1 aliphatic carbocycles. The Labute approximate surface area is 173 Å². The van der Waals surface area contributed by atoms with Gasteiger partial charge in [-0.2, -0.15) is 18.3 Å². The number of halogens is 3. The van der Waals surface area contributed by atoms with Crippen molar-refractivity contribution in [3.63, 3.8) is 0 Å². The summed E-state index contributed by atoms with van der Waals surface area (Å²) in [6, 6.07) is 1.65. The molecule has 3 heterocycles. The van der Waals surface area contributed by atoms with Crippen LogP contribution in [0.3, 0.4) is 0 Å². The van der Waals surface area contributed by atoms with Crippen LogP contribution in [0.25, 0.3) is 5.65 Å². The SMILES string of the molecule is Cc1nonc1C(=O)NCc1cn2ncc(CNC(=O)CC3(C(F)(F)F)CC3)cc2n1. The number of nitrogens with one attached hydrogen (secondary N) is 2. The largest absolute Gasteiger partial charge is 0.395 e. The lowest BCUT2D eigenvalue weighted by atomic mass is 10.0. The van der Waals surface area contributed by atoms with Gasteiger partial charge in [-0.3, -0.25) is 9.59 Å². The number of nitrogens with zero attached hydrogens (tertiary/aromatic N) is 5. The summed E-state index contributed by atoms with van der Waals surface area (Å²) >= 11 is 0. The highest BCUT2D eigenvalue weighted by Crippen LogP contribution is 2.59. The molecule has 0 bridgehead atoms. The van der Waals surface area contributed by atoms with E-state index in [1.807, 2.05) is 0 Å². The van der Waals surface area contributed by atoms with Crippen molar-refractivity contribution in [1.82, 2.24) is 35.5 Å². The second-order valence-corrected chi connectivity index (χ2v) is 7.51. The van der Waals surface area contributed by atoms with Crippen molar-refractivity contribution >= 4 is 17.5 Å². The summed E-state index contributed by atoms with van der Waals surface area (Å²) in [7, 11) is 0. The molecule has 1 fully saturated rings. The Kier molecular flexibility index (Phi) is 5.11. The van der Waals surface area contributed by atoms with Gasteiger partial charge in [-0.25, -0.2) is 14.1 Å². The maximum Gasteiger partial charge on any atom is 0.395 e. The topological polar surface area (TPSA) is 127 Å². The fraction of sp³-hybridized carbons (Fsp3) is 0.444. The molecular weight excluding hydrogens is 419 g/mol. The minimum Gasteiger partial charge on any atom is -0.352 e. The normalized spacial score (nSPS) is 15.1. The van der Waals surface area contributed by atoms with Crippen LogP contribution >= 0.6 is 0 Å². The number of aromatic nitrogens is 5. The van der Waals surface area contributed by atoms with E-state index in [9.17, 15) is 22.8 Å². The Morgan fingerprint density at radius 2 is 2.00 bits per heavy atom. The van der Waals surface area contributed by atoms with Gasteiger partial charge in [0.1, 0.15) is 5.69 Å². The lowest BCUT2D eigenvalue weighted by Crippen LogP contribution is -2.32. The molecule has 2 N–H and O–H groups in total. The first kappa shape index (κ1) is 20.8. The third kappa shape index (κ3) is 4.34. The molecule has 3 aromatic rings. The standard InChI is InChI=1S/C18H18F3N7O3/c1-10-15(27-31-26-10)16(30)23-8-12-9-28-13(25-12)4-11(7-24-28)6-22-14(29)5-17(2-3-17)18(19,20)21/h4,7,9H,2-3,5-6,8H2,1H3,(H,22,29)(H,23,30). The number of hydrogen-bond acceptors (Lipinski definition) is 7. The lowest BCUT2D eigenvalue weighted by molar-refractivity contribution is -0.190. The van der Waals surface area contributed by atoms with Gasteiger partial charge >= 0.3 is 6.18 Å². The van der Waals surface area contributed by atoms with Crippen molar-refractivity contribution in [2.75, 3.05) is 0 Å². The quantitative estimate of drug-likeness (QED) is 0.576. The number of imidazole rings is 1. The molecule has 13 heteroatoms. The predicted molar refractivity (Wildman–Crippen MR) is 97.4 cm³/mol. The molecule has 1 aliphatic rings. The molecule has 0 unspecified atom stereocenters. The summed E-state index contributed by atoms with van der Waals surface area (Å²) in [5, 5.41) is 16.4. The number of carbonyl (C=O) groups excluding carboxylic acids is 2. The van der Waals surface area contributed by atoms with Crippen molar-refractivity contribution in [3.8, 4) is 0 Å². The highest BCUT2D eigenvalue weighted by Gasteiger charge is 2.63. The van der Waals surface area contributed by atoms with Gasteiger partial charge < -0.3 is 10.6 Å². The predicted octanol–water partition coefficient (Wildman–Crippen LogP) is 1.70. The smallest absolute Gasteiger partial charge is 0.352 e. The van der Waals surface area contributed by atoms with E-state index in [1.165, 1.54) is 10.7 Å². The Hall–Kier alpha value is -3.51. The number of hydrogen-bond donors (Lipinski definition) is 2. The maximum atomic E-state index is 13.0. The number of carbonyl (C=O) groups is 2. The van der Waals surface area contributed by atoms with Crippen LogP contribution in [0.2, 0.25) is 0 Å². The number of fused-ring (bicyclic) bond motifs is 1. The molecule has 4 rings (SSSR count). The van der Waals surface area contributed by atoms with E-state index in [-0.39, 0.29) is 31.6 Å². The van der Waals surface area contributed by atoms with E-state index in [2.05, 4.69) is 35.7 Å². The average molecular weight is 437 g/mol. The zero-order chi connectivity index (χ0) is 22.2. The molecule has 0 aromatic carbocycles. The molecule has 0 radical (unpaired) electrons. The van der Waals surface area contributed by atoms with Crippen molar-refractivity contribution in [1.29, 1.82) is 0 Å². The Bertz CT molecular complexity index is 1130. The maximum absolute atomic E-state index is 13.0. The molecule has 1 saturated carbocycles. The lowest BCUT2D eigenvalue weighted by Gasteiger charge is -2.18. The molecule has 164 valence electrons. The Balaban J connectivity index is 1.34. The van der Waals surface area contributed by atoms with Crippen LogP contribution in [-0.4, -0.2) is 42.9 Å². The molecule has 0 aliphatic heterocycles. The van der Waals surface area contributed by atoms with Crippen LogP contribution in [0.4, 0.5) is 13.2 Å². The van der Waals surface area contributed by atoms with Gasteiger partial charge in [0.05, 0.1) is 30.0 Å². The number of amides is 2. The van der Waals surface area contributed by atoms with Crippen LogP contribution in [0, 0.1) is 12.3 Å². The molecule has 3 aromatic heterocycles. The fourth-order valence-electron chi connectivity index (χ4n) is 3.12. The fourth-order valence-corrected chi connectivity index (χ4v) is 3.12. The van der Waals surface area contributed by atoms with Crippen LogP contribution in [0.5, 0.6) is 0 Å². The monoisotopic (exact) mass is 437 g/mol. The molecule has 0 spiro atoms. The second kappa shape index (κ2) is 7.63. The summed E-state index contributed by atoms with van der Waals surface area (Å²) < 4.78 is 44.9. The van der Waals surface area contributed by atoms with Gasteiger partial charge in [0.15, 0.2) is 11.3 Å². The van der Waals surface area contributed by atoms with E-state index in [1.54, 1.807) is 19.2 Å². The van der Waals surface area contributed by atoms with Crippen LogP contribution < -0.4 is 10.6 Å². The minimum atomic E-state index is -4.37. The van der Waals surface area contributed by atoms with Gasteiger partial charge in [0, 0.05) is 13.0 Å².